The number of amides is 2. The molecule has 0 radical (unpaired) electrons. The number of nitrogen functional groups attached to an aromatic ring is 1. The predicted molar refractivity (Wildman–Crippen MR) is 142 cm³/mol. The number of nitrogens with zero attached hydrogens (tertiary/aromatic N) is 1. The van der Waals surface area contributed by atoms with Gasteiger partial charge in [-0.3, -0.25) is 14.5 Å². The number of carbonyl (C=O) groups excluding carboxylic acids is 2. The van der Waals surface area contributed by atoms with E-state index in [9.17, 15) is 9.59 Å². The summed E-state index contributed by atoms with van der Waals surface area (Å²) >= 11 is 0. The number of piperidine rings is 1. The minimum atomic E-state index is -0.231. The second-order valence-electron chi connectivity index (χ2n) is 8.95. The van der Waals surface area contributed by atoms with E-state index in [1.807, 2.05) is 30.3 Å². The van der Waals surface area contributed by atoms with Crippen molar-refractivity contribution in [3.05, 3.63) is 102 Å². The lowest BCUT2D eigenvalue weighted by Gasteiger charge is -2.32. The summed E-state index contributed by atoms with van der Waals surface area (Å²) in [5, 5.41) is 5.84. The van der Waals surface area contributed by atoms with E-state index < -0.39 is 0 Å². The summed E-state index contributed by atoms with van der Waals surface area (Å²) in [6, 6.07) is 24.8. The molecule has 0 aromatic heterocycles. The fraction of sp³-hybridized carbons (Fsp3) is 0.241. The van der Waals surface area contributed by atoms with Gasteiger partial charge in [0.25, 0.3) is 5.91 Å². The zero-order valence-electron chi connectivity index (χ0n) is 19.8. The molecular formula is C29H32N4O2. The second-order valence-corrected chi connectivity index (χ2v) is 8.95. The Labute approximate surface area is 206 Å². The van der Waals surface area contributed by atoms with E-state index in [0.29, 0.717) is 29.4 Å². The number of rotatable bonds is 8. The number of benzene rings is 3. The number of nitrogens with two attached hydrogens (primary N) is 1. The van der Waals surface area contributed by atoms with Crippen molar-refractivity contribution in [2.75, 3.05) is 30.7 Å². The molecule has 1 saturated heterocycles. The smallest absolute Gasteiger partial charge is 0.255 e. The maximum absolute atomic E-state index is 12.4. The van der Waals surface area contributed by atoms with E-state index in [1.165, 1.54) is 5.56 Å². The molecule has 2 amide bonds. The molecule has 4 N–H and O–H groups in total. The number of hydrogen-bond acceptors (Lipinski definition) is 4. The van der Waals surface area contributed by atoms with Gasteiger partial charge in [-0.15, -0.1) is 0 Å². The lowest BCUT2D eigenvalue weighted by atomic mass is 9.96. The van der Waals surface area contributed by atoms with E-state index in [2.05, 4.69) is 39.8 Å². The fourth-order valence-corrected chi connectivity index (χ4v) is 4.22. The maximum atomic E-state index is 12.4. The third kappa shape index (κ3) is 7.29. The van der Waals surface area contributed by atoms with Crippen LogP contribution in [0.5, 0.6) is 0 Å². The standard InChI is InChI=1S/C29H32N4O2/c30-26-8-4-5-9-27(26)32-29(35)25-13-10-22(11-14-25)12-15-28(34)31-20-23-16-18-33(19-17-23)21-24-6-2-1-3-7-24/h1-15,23H,16-21,30H2,(H,31,34)(H,32,35). The Morgan fingerprint density at radius 1 is 0.914 bits per heavy atom. The molecule has 35 heavy (non-hydrogen) atoms. The van der Waals surface area contributed by atoms with E-state index in [4.69, 9.17) is 5.73 Å². The molecule has 1 fully saturated rings. The summed E-state index contributed by atoms with van der Waals surface area (Å²) in [5.74, 6) is 0.180. The molecule has 4 rings (SSSR count). The van der Waals surface area contributed by atoms with Crippen LogP contribution in [0.15, 0.2) is 84.9 Å². The van der Waals surface area contributed by atoms with Crippen LogP contribution in [0.2, 0.25) is 0 Å². The SMILES string of the molecule is Nc1ccccc1NC(=O)c1ccc(C=CC(=O)NCC2CCN(Cc3ccccc3)CC2)cc1. The molecule has 0 bridgehead atoms. The average molecular weight is 469 g/mol. The Morgan fingerprint density at radius 2 is 1.60 bits per heavy atom. The van der Waals surface area contributed by atoms with E-state index in [0.717, 1.165) is 38.0 Å². The molecule has 6 nitrogen and oxygen atoms in total. The highest BCUT2D eigenvalue weighted by atomic mass is 16.2. The molecule has 0 saturated carbocycles. The highest BCUT2D eigenvalue weighted by Crippen LogP contribution is 2.19. The van der Waals surface area contributed by atoms with Crippen LogP contribution in [-0.4, -0.2) is 36.3 Å². The van der Waals surface area contributed by atoms with Gasteiger partial charge in [-0.05, 0) is 73.3 Å². The summed E-state index contributed by atoms with van der Waals surface area (Å²) in [5.41, 5.74) is 9.70. The first kappa shape index (κ1) is 24.2. The Morgan fingerprint density at radius 3 is 2.31 bits per heavy atom. The lowest BCUT2D eigenvalue weighted by Crippen LogP contribution is -2.38. The Bertz CT molecular complexity index is 1150. The summed E-state index contributed by atoms with van der Waals surface area (Å²) in [6.07, 6.45) is 5.49. The van der Waals surface area contributed by atoms with Gasteiger partial charge in [0, 0.05) is 24.7 Å². The van der Waals surface area contributed by atoms with Gasteiger partial charge in [-0.1, -0.05) is 54.6 Å². The van der Waals surface area contributed by atoms with Gasteiger partial charge in [-0.2, -0.15) is 0 Å². The van der Waals surface area contributed by atoms with E-state index >= 15 is 0 Å². The number of hydrogen-bond donors (Lipinski definition) is 3. The third-order valence-corrected chi connectivity index (χ3v) is 6.33. The monoisotopic (exact) mass is 468 g/mol. The number of nitrogens with one attached hydrogen (secondary N) is 2. The number of para-hydroxylation sites is 2. The minimum absolute atomic E-state index is 0.0990. The van der Waals surface area contributed by atoms with Crippen LogP contribution in [0.1, 0.15) is 34.3 Å². The fourth-order valence-electron chi connectivity index (χ4n) is 4.22. The Kier molecular flexibility index (Phi) is 8.30. The molecule has 1 aliphatic rings. The quantitative estimate of drug-likeness (QED) is 0.334. The molecule has 3 aromatic carbocycles. The molecule has 1 aliphatic heterocycles. The third-order valence-electron chi connectivity index (χ3n) is 6.33. The van der Waals surface area contributed by atoms with Gasteiger partial charge in [0.05, 0.1) is 11.4 Å². The summed E-state index contributed by atoms with van der Waals surface area (Å²) in [6.45, 7) is 3.80. The van der Waals surface area contributed by atoms with Crippen LogP contribution >= 0.6 is 0 Å². The zero-order chi connectivity index (χ0) is 24.5. The zero-order valence-corrected chi connectivity index (χ0v) is 19.8. The van der Waals surface area contributed by atoms with Crippen molar-refractivity contribution in [3.63, 3.8) is 0 Å². The second kappa shape index (κ2) is 12.0. The Balaban J connectivity index is 1.18. The van der Waals surface area contributed by atoms with E-state index in [1.54, 1.807) is 36.4 Å². The van der Waals surface area contributed by atoms with Gasteiger partial charge in [0.15, 0.2) is 0 Å². The van der Waals surface area contributed by atoms with Crippen LogP contribution in [0, 0.1) is 5.92 Å². The molecule has 0 spiro atoms. The highest BCUT2D eigenvalue weighted by molar-refractivity contribution is 6.05. The molecular weight excluding hydrogens is 436 g/mol. The first-order chi connectivity index (χ1) is 17.1. The topological polar surface area (TPSA) is 87.5 Å². The van der Waals surface area contributed by atoms with Crippen molar-refractivity contribution in [1.29, 1.82) is 0 Å². The van der Waals surface area contributed by atoms with Gasteiger partial charge in [0.2, 0.25) is 5.91 Å². The van der Waals surface area contributed by atoms with Crippen LogP contribution in [0.25, 0.3) is 6.08 Å². The molecule has 3 aromatic rings. The summed E-state index contributed by atoms with van der Waals surface area (Å²) in [4.78, 5) is 27.2. The molecule has 6 heteroatoms. The Hall–Kier alpha value is -3.90. The summed E-state index contributed by atoms with van der Waals surface area (Å²) in [7, 11) is 0. The molecule has 0 unspecified atom stereocenters. The maximum Gasteiger partial charge on any atom is 0.255 e. The van der Waals surface area contributed by atoms with Gasteiger partial charge in [-0.25, -0.2) is 0 Å². The van der Waals surface area contributed by atoms with E-state index in [-0.39, 0.29) is 11.8 Å². The number of carbonyl (C=O) groups is 2. The minimum Gasteiger partial charge on any atom is -0.397 e. The number of anilines is 2. The van der Waals surface area contributed by atoms with Crippen molar-refractivity contribution in [3.8, 4) is 0 Å². The average Bonchev–Trinajstić information content (AvgIpc) is 2.89. The van der Waals surface area contributed by atoms with Gasteiger partial charge in [0.1, 0.15) is 0 Å². The van der Waals surface area contributed by atoms with Crippen molar-refractivity contribution in [1.82, 2.24) is 10.2 Å². The van der Waals surface area contributed by atoms with Gasteiger partial charge >= 0.3 is 0 Å². The summed E-state index contributed by atoms with van der Waals surface area (Å²) < 4.78 is 0. The van der Waals surface area contributed by atoms with Crippen LogP contribution < -0.4 is 16.4 Å². The number of likely N-dealkylation sites (tertiary alicyclic amines) is 1. The van der Waals surface area contributed by atoms with Gasteiger partial charge < -0.3 is 16.4 Å². The van der Waals surface area contributed by atoms with Crippen LogP contribution in [0.3, 0.4) is 0 Å². The molecule has 0 atom stereocenters. The van der Waals surface area contributed by atoms with Crippen LogP contribution in [-0.2, 0) is 11.3 Å². The molecule has 180 valence electrons. The normalized spacial score (nSPS) is 14.6. The first-order valence-electron chi connectivity index (χ1n) is 12.0. The van der Waals surface area contributed by atoms with Crippen molar-refractivity contribution >= 4 is 29.3 Å². The lowest BCUT2D eigenvalue weighted by molar-refractivity contribution is -0.116. The first-order valence-corrected chi connectivity index (χ1v) is 12.0. The van der Waals surface area contributed by atoms with Crippen molar-refractivity contribution in [2.24, 2.45) is 5.92 Å². The molecule has 1 heterocycles. The molecule has 0 aliphatic carbocycles. The predicted octanol–water partition coefficient (Wildman–Crippen LogP) is 4.56. The van der Waals surface area contributed by atoms with Crippen LogP contribution in [0.4, 0.5) is 11.4 Å². The van der Waals surface area contributed by atoms with Crippen molar-refractivity contribution < 1.29 is 9.59 Å². The largest absolute Gasteiger partial charge is 0.397 e. The van der Waals surface area contributed by atoms with Crippen molar-refractivity contribution in [2.45, 2.75) is 19.4 Å². The highest BCUT2D eigenvalue weighted by Gasteiger charge is 2.19.